The summed E-state index contributed by atoms with van der Waals surface area (Å²) in [6.45, 7) is 4.51. The first-order valence-corrected chi connectivity index (χ1v) is 16.4. The van der Waals surface area contributed by atoms with Gasteiger partial charge in [0.25, 0.3) is 5.91 Å². The molecule has 1 aromatic heterocycles. The molecule has 45 heavy (non-hydrogen) atoms. The van der Waals surface area contributed by atoms with Gasteiger partial charge in [0.2, 0.25) is 0 Å². The van der Waals surface area contributed by atoms with E-state index in [9.17, 15) is 31.5 Å². The smallest absolute Gasteiger partial charge is 0.406 e. The number of aliphatic hydroxyl groups is 1. The molecule has 0 bridgehead atoms. The highest BCUT2D eigenvalue weighted by atomic mass is 32.2. The number of aromatic nitrogens is 2. The molecule has 3 atom stereocenters. The van der Waals surface area contributed by atoms with Crippen LogP contribution in [0, 0.1) is 17.8 Å². The second-order valence-electron chi connectivity index (χ2n) is 11.4. The first-order valence-electron chi connectivity index (χ1n) is 14.5. The number of piperidine rings is 1. The van der Waals surface area contributed by atoms with Gasteiger partial charge >= 0.3 is 6.18 Å². The number of benzene rings is 2. The van der Waals surface area contributed by atoms with Crippen molar-refractivity contribution in [2.75, 3.05) is 44.9 Å². The Morgan fingerprint density at radius 2 is 2.02 bits per heavy atom. The fraction of sp³-hybridized carbons (Fsp3) is 0.484. The topological polar surface area (TPSA) is 126 Å². The van der Waals surface area contributed by atoms with Gasteiger partial charge in [0.05, 0.1) is 41.6 Å². The van der Waals surface area contributed by atoms with Crippen LogP contribution >= 0.6 is 0 Å². The van der Waals surface area contributed by atoms with E-state index in [1.54, 1.807) is 6.07 Å². The number of hydrogen-bond donors (Lipinski definition) is 3. The van der Waals surface area contributed by atoms with Gasteiger partial charge in [-0.25, -0.2) is 13.4 Å². The zero-order valence-electron chi connectivity index (χ0n) is 25.6. The SMILES string of the molecule is COc1cc(S(C)(=O)=O)ccc1NCC#Cc1cc(C(=O)N[C@H]2CCN(C(C)CCO)C[C@@H]2C)c2ncn(CC(F)(F)F)c2c1. The Morgan fingerprint density at radius 1 is 1.27 bits per heavy atom. The number of aliphatic hydroxyl groups excluding tert-OH is 1. The molecule has 0 saturated carbocycles. The minimum absolute atomic E-state index is 0.0980. The van der Waals surface area contributed by atoms with Crippen LogP contribution in [0.1, 0.15) is 42.6 Å². The second kappa shape index (κ2) is 14.1. The molecule has 3 aromatic rings. The molecule has 10 nitrogen and oxygen atoms in total. The molecule has 1 unspecified atom stereocenters. The fourth-order valence-electron chi connectivity index (χ4n) is 5.47. The van der Waals surface area contributed by atoms with Crippen molar-refractivity contribution in [1.82, 2.24) is 19.8 Å². The van der Waals surface area contributed by atoms with E-state index in [0.29, 0.717) is 29.8 Å². The van der Waals surface area contributed by atoms with Crippen LogP contribution in [-0.2, 0) is 16.4 Å². The van der Waals surface area contributed by atoms with Gasteiger partial charge in [-0.15, -0.1) is 0 Å². The minimum atomic E-state index is -4.50. The number of carbonyl (C=O) groups excluding carboxylic acids is 1. The molecule has 1 saturated heterocycles. The van der Waals surface area contributed by atoms with E-state index < -0.39 is 28.5 Å². The Hall–Kier alpha value is -3.80. The van der Waals surface area contributed by atoms with Gasteiger partial charge in [-0.3, -0.25) is 4.79 Å². The first kappa shape index (κ1) is 34.1. The zero-order valence-corrected chi connectivity index (χ0v) is 26.4. The van der Waals surface area contributed by atoms with Crippen molar-refractivity contribution in [2.45, 2.75) is 56.4 Å². The number of rotatable bonds is 10. The number of nitrogens with zero attached hydrogens (tertiary/aromatic N) is 3. The Bertz CT molecular complexity index is 1700. The number of sulfone groups is 1. The summed E-state index contributed by atoms with van der Waals surface area (Å²) >= 11 is 0. The molecule has 14 heteroatoms. The van der Waals surface area contributed by atoms with Crippen molar-refractivity contribution in [3.63, 3.8) is 0 Å². The number of ether oxygens (including phenoxy) is 1. The lowest BCUT2D eigenvalue weighted by molar-refractivity contribution is -0.139. The number of halogens is 3. The van der Waals surface area contributed by atoms with Gasteiger partial charge in [0.15, 0.2) is 9.84 Å². The van der Waals surface area contributed by atoms with Gasteiger partial charge in [-0.1, -0.05) is 18.8 Å². The lowest BCUT2D eigenvalue weighted by Gasteiger charge is -2.40. The van der Waals surface area contributed by atoms with Crippen molar-refractivity contribution in [3.8, 4) is 17.6 Å². The number of carbonyl (C=O) groups is 1. The third kappa shape index (κ3) is 8.68. The summed E-state index contributed by atoms with van der Waals surface area (Å²) in [4.78, 5) is 20.1. The molecule has 244 valence electrons. The summed E-state index contributed by atoms with van der Waals surface area (Å²) in [5, 5.41) is 15.4. The van der Waals surface area contributed by atoms with Crippen LogP contribution in [0.15, 0.2) is 41.6 Å². The number of fused-ring (bicyclic) bond motifs is 1. The number of anilines is 1. The maximum atomic E-state index is 13.6. The average molecular weight is 650 g/mol. The van der Waals surface area contributed by atoms with Crippen molar-refractivity contribution < 1.29 is 36.2 Å². The van der Waals surface area contributed by atoms with Crippen LogP contribution in [0.3, 0.4) is 0 Å². The van der Waals surface area contributed by atoms with Crippen LogP contribution < -0.4 is 15.4 Å². The Labute approximate surface area is 260 Å². The number of methoxy groups -OCH3 is 1. The molecule has 1 aliphatic heterocycles. The van der Waals surface area contributed by atoms with Crippen molar-refractivity contribution in [2.24, 2.45) is 5.92 Å². The van der Waals surface area contributed by atoms with E-state index in [1.807, 2.05) is 6.92 Å². The number of hydrogen-bond acceptors (Lipinski definition) is 8. The van der Waals surface area contributed by atoms with Crippen molar-refractivity contribution in [1.29, 1.82) is 0 Å². The summed E-state index contributed by atoms with van der Waals surface area (Å²) in [5.41, 5.74) is 1.25. The van der Waals surface area contributed by atoms with Gasteiger partial charge in [0.1, 0.15) is 17.8 Å². The average Bonchev–Trinajstić information content (AvgIpc) is 3.36. The van der Waals surface area contributed by atoms with Crippen LogP contribution in [0.2, 0.25) is 0 Å². The van der Waals surface area contributed by atoms with E-state index in [1.165, 1.54) is 31.4 Å². The molecule has 1 aliphatic rings. The predicted molar refractivity (Wildman–Crippen MR) is 165 cm³/mol. The number of amides is 1. The number of imidazole rings is 1. The molecule has 2 aromatic carbocycles. The Morgan fingerprint density at radius 3 is 2.67 bits per heavy atom. The maximum Gasteiger partial charge on any atom is 0.406 e. The highest BCUT2D eigenvalue weighted by molar-refractivity contribution is 7.90. The van der Waals surface area contributed by atoms with E-state index in [4.69, 9.17) is 4.74 Å². The number of likely N-dealkylation sites (tertiary alicyclic amines) is 1. The summed E-state index contributed by atoms with van der Waals surface area (Å²) in [7, 11) is -2.02. The number of nitrogens with one attached hydrogen (secondary N) is 2. The molecule has 0 aliphatic carbocycles. The van der Waals surface area contributed by atoms with Crippen LogP contribution in [0.5, 0.6) is 5.75 Å². The Balaban J connectivity index is 1.57. The highest BCUT2D eigenvalue weighted by Gasteiger charge is 2.31. The van der Waals surface area contributed by atoms with E-state index in [2.05, 4.69) is 39.3 Å². The second-order valence-corrected chi connectivity index (χ2v) is 13.4. The number of alkyl halides is 3. The molecular formula is C31H38F3N5O5S. The van der Waals surface area contributed by atoms with Gasteiger partial charge < -0.3 is 29.9 Å². The van der Waals surface area contributed by atoms with Gasteiger partial charge in [-0.05, 0) is 49.9 Å². The predicted octanol–water partition coefficient (Wildman–Crippen LogP) is 3.69. The summed E-state index contributed by atoms with van der Waals surface area (Å²) in [6.07, 6.45) is -0.979. The lowest BCUT2D eigenvalue weighted by atomic mass is 9.92. The monoisotopic (exact) mass is 649 g/mol. The quantitative estimate of drug-likeness (QED) is 0.284. The molecule has 1 fully saturated rings. The maximum absolute atomic E-state index is 13.6. The largest absolute Gasteiger partial charge is 0.495 e. The van der Waals surface area contributed by atoms with E-state index in [-0.39, 0.29) is 52.6 Å². The first-order chi connectivity index (χ1) is 21.2. The van der Waals surface area contributed by atoms with Gasteiger partial charge in [0, 0.05) is 49.7 Å². The molecule has 0 radical (unpaired) electrons. The van der Waals surface area contributed by atoms with Crippen LogP contribution in [-0.4, -0.2) is 91.7 Å². The summed E-state index contributed by atoms with van der Waals surface area (Å²) in [5.74, 6) is 5.80. The summed E-state index contributed by atoms with van der Waals surface area (Å²) in [6, 6.07) is 7.46. The third-order valence-corrected chi connectivity index (χ3v) is 9.05. The van der Waals surface area contributed by atoms with E-state index >= 15 is 0 Å². The molecule has 0 spiro atoms. The van der Waals surface area contributed by atoms with Crippen LogP contribution in [0.25, 0.3) is 11.0 Å². The third-order valence-electron chi connectivity index (χ3n) is 7.94. The Kier molecular flexibility index (Phi) is 10.7. The zero-order chi connectivity index (χ0) is 32.9. The molecular weight excluding hydrogens is 611 g/mol. The normalized spacial score (nSPS) is 18.2. The molecule has 2 heterocycles. The van der Waals surface area contributed by atoms with Crippen molar-refractivity contribution in [3.05, 3.63) is 47.8 Å². The molecule has 4 rings (SSSR count). The standard InChI is InChI=1S/C31H38F3N5O5S/c1-20-17-38(21(2)10-13-40)12-9-25(20)37-30(41)24-14-22(15-27-29(24)36-19-39(27)18-31(32,33)34)6-5-11-35-26-8-7-23(45(4,42)43)16-28(26)44-3/h7-8,14-16,19-21,25,35,40H,9-13,17-18H2,1-4H3,(H,37,41)/t20-,21?,25-/m0/s1. The molecule has 3 N–H and O–H groups in total. The highest BCUT2D eigenvalue weighted by Crippen LogP contribution is 2.28. The minimum Gasteiger partial charge on any atom is -0.495 e. The van der Waals surface area contributed by atoms with Crippen molar-refractivity contribution >= 4 is 32.5 Å². The summed E-state index contributed by atoms with van der Waals surface area (Å²) < 4.78 is 70.0. The van der Waals surface area contributed by atoms with Crippen LogP contribution in [0.4, 0.5) is 18.9 Å². The lowest BCUT2D eigenvalue weighted by Crippen LogP contribution is -2.52. The van der Waals surface area contributed by atoms with E-state index in [0.717, 1.165) is 30.2 Å². The van der Waals surface area contributed by atoms with Gasteiger partial charge in [-0.2, -0.15) is 13.2 Å². The fourth-order valence-corrected chi connectivity index (χ4v) is 6.11. The molecule has 1 amide bonds.